The van der Waals surface area contributed by atoms with Crippen LogP contribution in [0.15, 0.2) is 36.7 Å². The lowest BCUT2D eigenvalue weighted by atomic mass is 10.1. The molecule has 0 spiro atoms. The molecule has 2 rings (SSSR count). The lowest BCUT2D eigenvalue weighted by Gasteiger charge is -2.18. The predicted molar refractivity (Wildman–Crippen MR) is 69.1 cm³/mol. The van der Waals surface area contributed by atoms with Gasteiger partial charge in [-0.15, -0.1) is 0 Å². The van der Waals surface area contributed by atoms with E-state index in [-0.39, 0.29) is 11.9 Å². The second-order valence-electron chi connectivity index (χ2n) is 4.13. The largest absolute Gasteiger partial charge is 0.367 e. The molecule has 0 aliphatic rings. The summed E-state index contributed by atoms with van der Waals surface area (Å²) >= 11 is 0. The summed E-state index contributed by atoms with van der Waals surface area (Å²) in [6, 6.07) is 9.09. The van der Waals surface area contributed by atoms with Crippen LogP contribution in [0.1, 0.15) is 30.5 Å². The van der Waals surface area contributed by atoms with E-state index in [1.807, 2.05) is 37.3 Å². The van der Waals surface area contributed by atoms with Gasteiger partial charge in [-0.2, -0.15) is 5.10 Å². The molecule has 0 saturated heterocycles. The van der Waals surface area contributed by atoms with Crippen LogP contribution in [0.5, 0.6) is 0 Å². The monoisotopic (exact) mass is 260 g/mol. The fourth-order valence-electron chi connectivity index (χ4n) is 1.80. The van der Waals surface area contributed by atoms with Crippen molar-refractivity contribution in [3.8, 4) is 0 Å². The maximum atomic E-state index is 12.2. The first kappa shape index (κ1) is 13.2. The number of aromatic amines is 1. The Morgan fingerprint density at radius 1 is 1.37 bits per heavy atom. The SMILES string of the molecule is COC(C(=O)NC(C)c1ncn[nH]1)c1ccccc1. The van der Waals surface area contributed by atoms with Gasteiger partial charge in [-0.05, 0) is 12.5 Å². The van der Waals surface area contributed by atoms with Gasteiger partial charge in [0.05, 0.1) is 6.04 Å². The third-order valence-electron chi connectivity index (χ3n) is 2.78. The van der Waals surface area contributed by atoms with Gasteiger partial charge in [0, 0.05) is 7.11 Å². The molecule has 1 aromatic heterocycles. The molecule has 100 valence electrons. The molecule has 0 radical (unpaired) electrons. The van der Waals surface area contributed by atoms with Crippen molar-refractivity contribution < 1.29 is 9.53 Å². The normalized spacial score (nSPS) is 13.8. The summed E-state index contributed by atoms with van der Waals surface area (Å²) in [6.45, 7) is 1.83. The van der Waals surface area contributed by atoms with Crippen molar-refractivity contribution in [1.82, 2.24) is 20.5 Å². The number of nitrogens with zero attached hydrogens (tertiary/aromatic N) is 2. The molecule has 1 amide bonds. The average molecular weight is 260 g/mol. The van der Waals surface area contributed by atoms with Gasteiger partial charge < -0.3 is 10.1 Å². The Morgan fingerprint density at radius 2 is 2.11 bits per heavy atom. The van der Waals surface area contributed by atoms with E-state index in [2.05, 4.69) is 20.5 Å². The highest BCUT2D eigenvalue weighted by molar-refractivity contribution is 5.82. The van der Waals surface area contributed by atoms with Crippen LogP contribution in [-0.4, -0.2) is 28.2 Å². The summed E-state index contributed by atoms with van der Waals surface area (Å²) in [5, 5.41) is 9.31. The minimum Gasteiger partial charge on any atom is -0.367 e. The number of methoxy groups -OCH3 is 1. The lowest BCUT2D eigenvalue weighted by Crippen LogP contribution is -2.33. The number of carbonyl (C=O) groups is 1. The van der Waals surface area contributed by atoms with Crippen molar-refractivity contribution in [3.63, 3.8) is 0 Å². The van der Waals surface area contributed by atoms with Gasteiger partial charge in [-0.1, -0.05) is 30.3 Å². The number of benzene rings is 1. The van der Waals surface area contributed by atoms with Crippen molar-refractivity contribution in [2.24, 2.45) is 0 Å². The van der Waals surface area contributed by atoms with Crippen molar-refractivity contribution in [3.05, 3.63) is 48.0 Å². The van der Waals surface area contributed by atoms with E-state index in [0.29, 0.717) is 5.82 Å². The number of carbonyl (C=O) groups excluding carboxylic acids is 1. The summed E-state index contributed by atoms with van der Waals surface area (Å²) < 4.78 is 5.26. The zero-order valence-corrected chi connectivity index (χ0v) is 10.8. The van der Waals surface area contributed by atoms with E-state index < -0.39 is 6.10 Å². The van der Waals surface area contributed by atoms with Gasteiger partial charge in [-0.3, -0.25) is 9.89 Å². The molecular weight excluding hydrogens is 244 g/mol. The molecular formula is C13H16N4O2. The molecule has 6 nitrogen and oxygen atoms in total. The van der Waals surface area contributed by atoms with Crippen LogP contribution in [-0.2, 0) is 9.53 Å². The third-order valence-corrected chi connectivity index (χ3v) is 2.78. The van der Waals surface area contributed by atoms with Gasteiger partial charge in [0.2, 0.25) is 0 Å². The van der Waals surface area contributed by atoms with E-state index in [9.17, 15) is 4.79 Å². The molecule has 19 heavy (non-hydrogen) atoms. The Bertz CT molecular complexity index is 513. The predicted octanol–water partition coefficient (Wildman–Crippen LogP) is 1.37. The summed E-state index contributed by atoms with van der Waals surface area (Å²) in [5.41, 5.74) is 0.812. The summed E-state index contributed by atoms with van der Waals surface area (Å²) in [5.74, 6) is 0.397. The first-order valence-corrected chi connectivity index (χ1v) is 5.95. The topological polar surface area (TPSA) is 79.9 Å². The van der Waals surface area contributed by atoms with E-state index in [1.165, 1.54) is 13.4 Å². The minimum atomic E-state index is -0.633. The molecule has 1 heterocycles. The Kier molecular flexibility index (Phi) is 4.25. The summed E-state index contributed by atoms with van der Waals surface area (Å²) in [4.78, 5) is 16.2. The molecule has 2 unspecified atom stereocenters. The van der Waals surface area contributed by atoms with E-state index in [0.717, 1.165) is 5.56 Å². The molecule has 0 aliphatic carbocycles. The van der Waals surface area contributed by atoms with Crippen LogP contribution in [0, 0.1) is 0 Å². The molecule has 2 N–H and O–H groups in total. The Balaban J connectivity index is 2.06. The van der Waals surface area contributed by atoms with Crippen LogP contribution in [0.25, 0.3) is 0 Å². The highest BCUT2D eigenvalue weighted by Gasteiger charge is 2.22. The molecule has 0 fully saturated rings. The Hall–Kier alpha value is -2.21. The maximum Gasteiger partial charge on any atom is 0.254 e. The number of hydrogen-bond donors (Lipinski definition) is 2. The number of amides is 1. The number of nitrogens with one attached hydrogen (secondary N) is 2. The fraction of sp³-hybridized carbons (Fsp3) is 0.308. The summed E-state index contributed by atoms with van der Waals surface area (Å²) in [7, 11) is 1.51. The minimum absolute atomic E-state index is 0.211. The standard InChI is InChI=1S/C13H16N4O2/c1-9(12-14-8-15-17-12)16-13(18)11(19-2)10-6-4-3-5-7-10/h3-9,11H,1-2H3,(H,16,18)(H,14,15,17). The van der Waals surface area contributed by atoms with Crippen LogP contribution in [0.2, 0.25) is 0 Å². The number of rotatable bonds is 5. The van der Waals surface area contributed by atoms with Crippen molar-refractivity contribution in [2.75, 3.05) is 7.11 Å². The quantitative estimate of drug-likeness (QED) is 0.851. The summed E-state index contributed by atoms with van der Waals surface area (Å²) in [6.07, 6.45) is 0.773. The van der Waals surface area contributed by atoms with Crippen LogP contribution >= 0.6 is 0 Å². The molecule has 2 aromatic rings. The maximum absolute atomic E-state index is 12.2. The van der Waals surface area contributed by atoms with E-state index in [1.54, 1.807) is 0 Å². The second-order valence-corrected chi connectivity index (χ2v) is 4.13. The van der Waals surface area contributed by atoms with Gasteiger partial charge >= 0.3 is 0 Å². The Labute approximate surface area is 111 Å². The molecule has 2 atom stereocenters. The van der Waals surface area contributed by atoms with E-state index >= 15 is 0 Å². The molecule has 6 heteroatoms. The molecule has 1 aromatic carbocycles. The molecule has 0 aliphatic heterocycles. The van der Waals surface area contributed by atoms with Crippen molar-refractivity contribution in [1.29, 1.82) is 0 Å². The van der Waals surface area contributed by atoms with Crippen LogP contribution < -0.4 is 5.32 Å². The average Bonchev–Trinajstić information content (AvgIpc) is 2.94. The van der Waals surface area contributed by atoms with E-state index in [4.69, 9.17) is 4.74 Å². The van der Waals surface area contributed by atoms with Gasteiger partial charge in [0.25, 0.3) is 5.91 Å². The zero-order chi connectivity index (χ0) is 13.7. The molecule has 0 bridgehead atoms. The fourth-order valence-corrected chi connectivity index (χ4v) is 1.80. The van der Waals surface area contributed by atoms with Gasteiger partial charge in [-0.25, -0.2) is 4.98 Å². The smallest absolute Gasteiger partial charge is 0.254 e. The van der Waals surface area contributed by atoms with Crippen molar-refractivity contribution >= 4 is 5.91 Å². The lowest BCUT2D eigenvalue weighted by molar-refractivity contribution is -0.132. The third kappa shape index (κ3) is 3.17. The first-order chi connectivity index (χ1) is 9.22. The number of ether oxygens (including phenoxy) is 1. The second kappa shape index (κ2) is 6.10. The van der Waals surface area contributed by atoms with Gasteiger partial charge in [0.1, 0.15) is 12.2 Å². The Morgan fingerprint density at radius 3 is 2.68 bits per heavy atom. The highest BCUT2D eigenvalue weighted by atomic mass is 16.5. The zero-order valence-electron chi connectivity index (χ0n) is 10.8. The number of H-pyrrole nitrogens is 1. The van der Waals surface area contributed by atoms with Crippen LogP contribution in [0.4, 0.5) is 0 Å². The van der Waals surface area contributed by atoms with Crippen LogP contribution in [0.3, 0.4) is 0 Å². The van der Waals surface area contributed by atoms with Gasteiger partial charge in [0.15, 0.2) is 6.10 Å². The van der Waals surface area contributed by atoms with Crippen molar-refractivity contribution in [2.45, 2.75) is 19.1 Å². The first-order valence-electron chi connectivity index (χ1n) is 5.95. The number of aromatic nitrogens is 3. The molecule has 0 saturated carbocycles. The highest BCUT2D eigenvalue weighted by Crippen LogP contribution is 2.17. The number of hydrogen-bond acceptors (Lipinski definition) is 4.